The van der Waals surface area contributed by atoms with Crippen molar-refractivity contribution in [3.8, 4) is 10.6 Å². The molecule has 0 aliphatic rings. The van der Waals surface area contributed by atoms with E-state index in [4.69, 9.17) is 0 Å². The van der Waals surface area contributed by atoms with E-state index in [0.717, 1.165) is 28.3 Å². The Morgan fingerprint density at radius 3 is 2.81 bits per heavy atom. The number of benzene rings is 1. The van der Waals surface area contributed by atoms with Crippen LogP contribution in [0.25, 0.3) is 10.6 Å². The van der Waals surface area contributed by atoms with Crippen LogP contribution in [0.3, 0.4) is 0 Å². The smallest absolute Gasteiger partial charge is 0.127 e. The Kier molecular flexibility index (Phi) is 4.08. The average molecular weight is 305 g/mol. The molecule has 0 unspecified atom stereocenters. The van der Waals surface area contributed by atoms with Gasteiger partial charge in [-0.15, -0.1) is 11.3 Å². The summed E-state index contributed by atoms with van der Waals surface area (Å²) in [5.74, 6) is -0.842. The molecule has 0 saturated carbocycles. The number of aromatic nitrogens is 2. The lowest BCUT2D eigenvalue weighted by molar-refractivity contribution is 0.569. The van der Waals surface area contributed by atoms with E-state index in [9.17, 15) is 8.78 Å². The normalized spacial score (nSPS) is 11.0. The minimum atomic E-state index is -0.434. The van der Waals surface area contributed by atoms with Gasteiger partial charge in [-0.3, -0.25) is 5.10 Å². The summed E-state index contributed by atoms with van der Waals surface area (Å²) in [4.78, 5) is 1.10. The molecule has 0 saturated heterocycles. The zero-order valence-electron chi connectivity index (χ0n) is 11.1. The first-order chi connectivity index (χ1) is 10.2. The first-order valence-electron chi connectivity index (χ1n) is 6.45. The predicted octanol–water partition coefficient (Wildman–Crippen LogP) is 3.71. The molecule has 2 N–H and O–H groups in total. The standard InChI is InChI=1S/C15H13F2N3S/c16-12-3-4-13(17)10(6-12)7-18-8-11-9-19-20-15(11)14-2-1-5-21-14/h1-6,9,18H,7-8H2,(H,19,20). The topological polar surface area (TPSA) is 40.7 Å². The van der Waals surface area contributed by atoms with Gasteiger partial charge in [0.1, 0.15) is 11.6 Å². The lowest BCUT2D eigenvalue weighted by Gasteiger charge is -2.06. The first kappa shape index (κ1) is 13.9. The van der Waals surface area contributed by atoms with Crippen LogP contribution in [0.2, 0.25) is 0 Å². The summed E-state index contributed by atoms with van der Waals surface area (Å²) in [5, 5.41) is 12.1. The molecule has 2 heterocycles. The van der Waals surface area contributed by atoms with E-state index in [2.05, 4.69) is 15.5 Å². The second-order valence-corrected chi connectivity index (χ2v) is 5.53. The van der Waals surface area contributed by atoms with Gasteiger partial charge in [0.05, 0.1) is 16.8 Å². The van der Waals surface area contributed by atoms with Crippen molar-refractivity contribution in [2.75, 3.05) is 0 Å². The summed E-state index contributed by atoms with van der Waals surface area (Å²) >= 11 is 1.62. The number of aromatic amines is 1. The molecule has 0 fully saturated rings. The molecule has 0 spiro atoms. The summed E-state index contributed by atoms with van der Waals surface area (Å²) in [5.41, 5.74) is 2.27. The molecule has 1 aromatic carbocycles. The van der Waals surface area contributed by atoms with Gasteiger partial charge in [-0.05, 0) is 29.6 Å². The van der Waals surface area contributed by atoms with Crippen LogP contribution in [0.15, 0.2) is 41.9 Å². The molecule has 6 heteroatoms. The number of thiophene rings is 1. The zero-order valence-corrected chi connectivity index (χ0v) is 11.9. The summed E-state index contributed by atoms with van der Waals surface area (Å²) in [6.45, 7) is 0.790. The lowest BCUT2D eigenvalue weighted by atomic mass is 10.2. The summed E-state index contributed by atoms with van der Waals surface area (Å²) < 4.78 is 26.6. The van der Waals surface area contributed by atoms with Crippen LogP contribution in [0.4, 0.5) is 8.78 Å². The van der Waals surface area contributed by atoms with Gasteiger partial charge >= 0.3 is 0 Å². The maximum Gasteiger partial charge on any atom is 0.127 e. The molecule has 21 heavy (non-hydrogen) atoms. The van der Waals surface area contributed by atoms with E-state index in [1.165, 1.54) is 6.07 Å². The lowest BCUT2D eigenvalue weighted by Crippen LogP contribution is -2.14. The van der Waals surface area contributed by atoms with Crippen molar-refractivity contribution in [3.63, 3.8) is 0 Å². The van der Waals surface area contributed by atoms with Gasteiger partial charge in [0.25, 0.3) is 0 Å². The van der Waals surface area contributed by atoms with Crippen molar-refractivity contribution in [2.24, 2.45) is 0 Å². The average Bonchev–Trinajstić information content (AvgIpc) is 3.13. The molecule has 2 aromatic heterocycles. The van der Waals surface area contributed by atoms with Crippen LogP contribution in [0, 0.1) is 11.6 Å². The minimum Gasteiger partial charge on any atom is -0.308 e. The molecule has 0 aliphatic carbocycles. The van der Waals surface area contributed by atoms with Crippen molar-refractivity contribution in [3.05, 3.63) is 64.7 Å². The van der Waals surface area contributed by atoms with Crippen molar-refractivity contribution in [1.82, 2.24) is 15.5 Å². The third-order valence-electron chi connectivity index (χ3n) is 3.12. The van der Waals surface area contributed by atoms with Crippen LogP contribution >= 0.6 is 11.3 Å². The Morgan fingerprint density at radius 1 is 1.14 bits per heavy atom. The van der Waals surface area contributed by atoms with Gasteiger partial charge in [0, 0.05) is 24.2 Å². The largest absolute Gasteiger partial charge is 0.308 e. The summed E-state index contributed by atoms with van der Waals surface area (Å²) in [6, 6.07) is 7.44. The van der Waals surface area contributed by atoms with Crippen LogP contribution in [-0.2, 0) is 13.1 Å². The van der Waals surface area contributed by atoms with E-state index in [1.807, 2.05) is 17.5 Å². The quantitative estimate of drug-likeness (QED) is 0.754. The fraction of sp³-hybridized carbons (Fsp3) is 0.133. The SMILES string of the molecule is Fc1ccc(F)c(CNCc2cn[nH]c2-c2cccs2)c1. The Morgan fingerprint density at radius 2 is 2.00 bits per heavy atom. The minimum absolute atomic E-state index is 0.263. The van der Waals surface area contributed by atoms with Crippen LogP contribution in [0.1, 0.15) is 11.1 Å². The highest BCUT2D eigenvalue weighted by atomic mass is 32.1. The van der Waals surface area contributed by atoms with Gasteiger partial charge in [-0.25, -0.2) is 8.78 Å². The second-order valence-electron chi connectivity index (χ2n) is 4.59. The second kappa shape index (κ2) is 6.15. The number of nitrogens with zero attached hydrogens (tertiary/aromatic N) is 1. The number of H-pyrrole nitrogens is 1. The van der Waals surface area contributed by atoms with E-state index in [-0.39, 0.29) is 6.54 Å². The number of hydrogen-bond donors (Lipinski definition) is 2. The van der Waals surface area contributed by atoms with E-state index in [0.29, 0.717) is 12.1 Å². The zero-order chi connectivity index (χ0) is 14.7. The molecular weight excluding hydrogens is 292 g/mol. The highest BCUT2D eigenvalue weighted by Gasteiger charge is 2.09. The Hall–Kier alpha value is -2.05. The van der Waals surface area contributed by atoms with E-state index in [1.54, 1.807) is 17.5 Å². The predicted molar refractivity (Wildman–Crippen MR) is 78.8 cm³/mol. The van der Waals surface area contributed by atoms with Crippen molar-refractivity contribution in [1.29, 1.82) is 0 Å². The van der Waals surface area contributed by atoms with Gasteiger partial charge < -0.3 is 5.32 Å². The van der Waals surface area contributed by atoms with Gasteiger partial charge in [-0.2, -0.15) is 5.10 Å². The molecule has 3 nitrogen and oxygen atoms in total. The number of rotatable bonds is 5. The van der Waals surface area contributed by atoms with E-state index < -0.39 is 11.6 Å². The molecular formula is C15H13F2N3S. The molecule has 0 atom stereocenters. The molecule has 0 bridgehead atoms. The highest BCUT2D eigenvalue weighted by molar-refractivity contribution is 7.13. The third-order valence-corrected chi connectivity index (χ3v) is 4.01. The first-order valence-corrected chi connectivity index (χ1v) is 7.33. The summed E-state index contributed by atoms with van der Waals surface area (Å²) in [6.07, 6.45) is 1.74. The van der Waals surface area contributed by atoms with Crippen LogP contribution in [0.5, 0.6) is 0 Å². The van der Waals surface area contributed by atoms with Crippen molar-refractivity contribution < 1.29 is 8.78 Å². The summed E-state index contributed by atoms with van der Waals surface area (Å²) in [7, 11) is 0. The maximum absolute atomic E-state index is 13.5. The third kappa shape index (κ3) is 3.17. The fourth-order valence-electron chi connectivity index (χ4n) is 2.09. The fourth-order valence-corrected chi connectivity index (χ4v) is 2.85. The van der Waals surface area contributed by atoms with Gasteiger partial charge in [0.2, 0.25) is 0 Å². The van der Waals surface area contributed by atoms with E-state index >= 15 is 0 Å². The maximum atomic E-state index is 13.5. The monoisotopic (exact) mass is 305 g/mol. The Balaban J connectivity index is 1.66. The molecule has 3 rings (SSSR count). The molecule has 0 aliphatic heterocycles. The van der Waals surface area contributed by atoms with Gasteiger partial charge in [-0.1, -0.05) is 6.07 Å². The van der Waals surface area contributed by atoms with Crippen molar-refractivity contribution >= 4 is 11.3 Å². The number of halogens is 2. The molecule has 108 valence electrons. The Bertz CT molecular complexity index is 722. The van der Waals surface area contributed by atoms with Crippen molar-refractivity contribution in [2.45, 2.75) is 13.1 Å². The molecule has 3 aromatic rings. The number of nitrogens with one attached hydrogen (secondary N) is 2. The van der Waals surface area contributed by atoms with Gasteiger partial charge in [0.15, 0.2) is 0 Å². The van der Waals surface area contributed by atoms with Crippen LogP contribution < -0.4 is 5.32 Å². The molecule has 0 amide bonds. The molecule has 0 radical (unpaired) electrons. The highest BCUT2D eigenvalue weighted by Crippen LogP contribution is 2.25. The number of hydrogen-bond acceptors (Lipinski definition) is 3. The van der Waals surface area contributed by atoms with Crippen LogP contribution in [-0.4, -0.2) is 10.2 Å². The Labute approximate surface area is 124 Å².